The highest BCUT2D eigenvalue weighted by atomic mass is 35.5. The van der Waals surface area contributed by atoms with E-state index in [1.165, 1.54) is 0 Å². The Morgan fingerprint density at radius 3 is 2.92 bits per heavy atom. The largest absolute Gasteiger partial charge is 0.492 e. The Morgan fingerprint density at radius 2 is 2.20 bits per heavy atom. The zero-order valence-corrected chi connectivity index (χ0v) is 16.0. The molecule has 6 nitrogen and oxygen atoms in total. The molecule has 1 aromatic rings. The van der Waals surface area contributed by atoms with E-state index in [1.807, 2.05) is 0 Å². The second-order valence-corrected chi connectivity index (χ2v) is 6.80. The Labute approximate surface area is 162 Å². The van der Waals surface area contributed by atoms with Crippen molar-refractivity contribution in [3.05, 3.63) is 28.2 Å². The number of ether oxygens (including phenoxy) is 2. The van der Waals surface area contributed by atoms with Crippen molar-refractivity contribution in [2.45, 2.75) is 31.8 Å². The number of carbonyl (C=O) groups is 1. The normalized spacial score (nSPS) is 16.3. The lowest BCUT2D eigenvalue weighted by atomic mass is 10.2. The number of hydrogen-bond acceptors (Lipinski definition) is 4. The monoisotopic (exact) mass is 405 g/mol. The van der Waals surface area contributed by atoms with E-state index in [0.717, 1.165) is 19.4 Å². The maximum Gasteiger partial charge on any atom is 0.238 e. The van der Waals surface area contributed by atoms with E-state index in [1.54, 1.807) is 18.2 Å². The molecule has 1 aromatic carbocycles. The lowest BCUT2D eigenvalue weighted by Crippen LogP contribution is -2.48. The first-order valence-corrected chi connectivity index (χ1v) is 9.23. The maximum absolute atomic E-state index is 11.7. The molecule has 3 N–H and O–H groups in total. The van der Waals surface area contributed by atoms with Gasteiger partial charge in [0, 0.05) is 24.6 Å². The average Bonchev–Trinajstić information content (AvgIpc) is 3.10. The molecule has 0 aliphatic carbocycles. The molecular weight excluding hydrogens is 385 g/mol. The number of hydrazine groups is 1. The summed E-state index contributed by atoms with van der Waals surface area (Å²) < 4.78 is 11.0. The zero-order valence-electron chi connectivity index (χ0n) is 13.6. The number of halogens is 2. The van der Waals surface area contributed by atoms with Gasteiger partial charge in [0.05, 0.1) is 17.7 Å². The minimum atomic E-state index is -0.174. The van der Waals surface area contributed by atoms with E-state index >= 15 is 0 Å². The third-order valence-electron chi connectivity index (χ3n) is 3.53. The molecule has 0 saturated carbocycles. The number of amides is 1. The molecule has 25 heavy (non-hydrogen) atoms. The van der Waals surface area contributed by atoms with Gasteiger partial charge in [0.15, 0.2) is 5.11 Å². The van der Waals surface area contributed by atoms with E-state index in [0.29, 0.717) is 46.9 Å². The second-order valence-electron chi connectivity index (χ2n) is 5.54. The molecule has 1 fully saturated rings. The molecule has 9 heteroatoms. The first-order valence-electron chi connectivity index (χ1n) is 8.07. The van der Waals surface area contributed by atoms with Gasteiger partial charge in [0.2, 0.25) is 5.91 Å². The van der Waals surface area contributed by atoms with Crippen LogP contribution >= 0.6 is 35.4 Å². The molecule has 0 radical (unpaired) electrons. The van der Waals surface area contributed by atoms with Crippen molar-refractivity contribution < 1.29 is 14.3 Å². The molecule has 0 spiro atoms. The van der Waals surface area contributed by atoms with Crippen LogP contribution in [0.3, 0.4) is 0 Å². The van der Waals surface area contributed by atoms with Gasteiger partial charge in [0.25, 0.3) is 0 Å². The Morgan fingerprint density at radius 1 is 1.36 bits per heavy atom. The molecule has 138 valence electrons. The number of benzene rings is 1. The summed E-state index contributed by atoms with van der Waals surface area (Å²) in [5.74, 6) is 0.371. The number of rotatable bonds is 7. The Kier molecular flexibility index (Phi) is 8.54. The van der Waals surface area contributed by atoms with Crippen LogP contribution in [0.25, 0.3) is 0 Å². The van der Waals surface area contributed by atoms with Crippen LogP contribution in [-0.4, -0.2) is 36.9 Å². The van der Waals surface area contributed by atoms with E-state index < -0.39 is 0 Å². The van der Waals surface area contributed by atoms with Crippen molar-refractivity contribution in [1.82, 2.24) is 16.2 Å². The molecule has 1 atom stereocenters. The van der Waals surface area contributed by atoms with Gasteiger partial charge >= 0.3 is 0 Å². The van der Waals surface area contributed by atoms with Crippen LogP contribution in [-0.2, 0) is 9.53 Å². The van der Waals surface area contributed by atoms with Crippen molar-refractivity contribution in [2.75, 3.05) is 19.8 Å². The number of nitrogens with one attached hydrogen (secondary N) is 3. The van der Waals surface area contributed by atoms with Gasteiger partial charge in [0.1, 0.15) is 5.75 Å². The summed E-state index contributed by atoms with van der Waals surface area (Å²) in [6.45, 7) is 1.81. The average molecular weight is 406 g/mol. The summed E-state index contributed by atoms with van der Waals surface area (Å²) in [6, 6.07) is 5.01. The highest BCUT2D eigenvalue weighted by Crippen LogP contribution is 2.27. The summed E-state index contributed by atoms with van der Waals surface area (Å²) in [5.41, 5.74) is 5.21. The number of hydrogen-bond donors (Lipinski definition) is 3. The molecule has 1 heterocycles. The molecule has 1 amide bonds. The van der Waals surface area contributed by atoms with Gasteiger partial charge in [-0.15, -0.1) is 0 Å². The molecule has 0 bridgehead atoms. The van der Waals surface area contributed by atoms with Crippen molar-refractivity contribution in [2.24, 2.45) is 0 Å². The molecule has 1 saturated heterocycles. The van der Waals surface area contributed by atoms with E-state index in [4.69, 9.17) is 44.9 Å². The lowest BCUT2D eigenvalue weighted by Gasteiger charge is -2.14. The highest BCUT2D eigenvalue weighted by Gasteiger charge is 2.15. The quantitative estimate of drug-likeness (QED) is 0.368. The van der Waals surface area contributed by atoms with Crippen LogP contribution in [0.15, 0.2) is 18.2 Å². The minimum Gasteiger partial charge on any atom is -0.492 e. The van der Waals surface area contributed by atoms with Crippen LogP contribution < -0.4 is 20.9 Å². The molecule has 2 rings (SSSR count). The molecule has 1 aliphatic rings. The van der Waals surface area contributed by atoms with Gasteiger partial charge in [-0.1, -0.05) is 23.2 Å². The van der Waals surface area contributed by atoms with Gasteiger partial charge in [-0.2, -0.15) is 0 Å². The van der Waals surface area contributed by atoms with Crippen LogP contribution in [0.1, 0.15) is 25.7 Å². The van der Waals surface area contributed by atoms with Crippen molar-refractivity contribution in [1.29, 1.82) is 0 Å². The lowest BCUT2D eigenvalue weighted by molar-refractivity contribution is -0.121. The van der Waals surface area contributed by atoms with Gasteiger partial charge < -0.3 is 14.8 Å². The van der Waals surface area contributed by atoms with Crippen molar-refractivity contribution >= 4 is 46.4 Å². The Hall–Kier alpha value is -1.28. The van der Waals surface area contributed by atoms with Crippen LogP contribution in [0.5, 0.6) is 5.75 Å². The second kappa shape index (κ2) is 10.7. The standard InChI is InChI=1S/C16H21Cl2N3O3S/c17-11-5-6-14(13(18)9-11)24-8-2-4-15(22)20-21-16(25)19-10-12-3-1-7-23-12/h5-6,9,12H,1-4,7-8,10H2,(H,20,22)(H2,19,21,25). The zero-order chi connectivity index (χ0) is 18.1. The number of thiocarbonyl (C=S) groups is 1. The van der Waals surface area contributed by atoms with Gasteiger partial charge in [-0.3, -0.25) is 15.6 Å². The predicted molar refractivity (Wildman–Crippen MR) is 102 cm³/mol. The predicted octanol–water partition coefficient (Wildman–Crippen LogP) is 2.83. The summed E-state index contributed by atoms with van der Waals surface area (Å²) >= 11 is 16.9. The Balaban J connectivity index is 1.53. The van der Waals surface area contributed by atoms with Gasteiger partial charge in [-0.05, 0) is 49.7 Å². The molecule has 1 aliphatic heterocycles. The molecule has 0 aromatic heterocycles. The first-order chi connectivity index (χ1) is 12.0. The summed E-state index contributed by atoms with van der Waals surface area (Å²) in [6.07, 6.45) is 3.13. The fraction of sp³-hybridized carbons (Fsp3) is 0.500. The SMILES string of the molecule is O=C(CCCOc1ccc(Cl)cc1Cl)NNC(=S)NCC1CCCO1. The van der Waals surface area contributed by atoms with Crippen LogP contribution in [0, 0.1) is 0 Å². The van der Waals surface area contributed by atoms with Crippen LogP contribution in [0.2, 0.25) is 10.0 Å². The van der Waals surface area contributed by atoms with E-state index in [-0.39, 0.29) is 12.0 Å². The highest BCUT2D eigenvalue weighted by molar-refractivity contribution is 7.80. The van der Waals surface area contributed by atoms with Crippen molar-refractivity contribution in [3.8, 4) is 5.75 Å². The molecule has 1 unspecified atom stereocenters. The third kappa shape index (κ3) is 7.64. The fourth-order valence-corrected chi connectivity index (χ4v) is 2.85. The maximum atomic E-state index is 11.7. The van der Waals surface area contributed by atoms with E-state index in [9.17, 15) is 4.79 Å². The summed E-state index contributed by atoms with van der Waals surface area (Å²) in [4.78, 5) is 11.7. The van der Waals surface area contributed by atoms with Gasteiger partial charge in [-0.25, -0.2) is 0 Å². The van der Waals surface area contributed by atoms with Crippen molar-refractivity contribution in [3.63, 3.8) is 0 Å². The first kappa shape index (κ1) is 20.0. The summed E-state index contributed by atoms with van der Waals surface area (Å²) in [7, 11) is 0. The van der Waals surface area contributed by atoms with E-state index in [2.05, 4.69) is 16.2 Å². The topological polar surface area (TPSA) is 71.6 Å². The number of carbonyl (C=O) groups excluding carboxylic acids is 1. The fourth-order valence-electron chi connectivity index (χ4n) is 2.25. The Bertz CT molecular complexity index is 598. The summed E-state index contributed by atoms with van der Waals surface area (Å²) in [5, 5.41) is 4.37. The van der Waals surface area contributed by atoms with Crippen LogP contribution in [0.4, 0.5) is 0 Å². The third-order valence-corrected chi connectivity index (χ3v) is 4.31. The minimum absolute atomic E-state index is 0.174. The molecular formula is C16H21Cl2N3O3S. The smallest absolute Gasteiger partial charge is 0.238 e.